The maximum Gasteiger partial charge on any atom is 0.310 e. The lowest BCUT2D eigenvalue weighted by molar-refractivity contribution is -0.385. The molecule has 22 heavy (non-hydrogen) atoms. The molecular weight excluding hydrogens is 284 g/mol. The Morgan fingerprint density at radius 3 is 2.68 bits per heavy atom. The minimum absolute atomic E-state index is 0.00100. The van der Waals surface area contributed by atoms with Gasteiger partial charge in [0.05, 0.1) is 18.1 Å². The number of likely N-dealkylation sites (tertiary alicyclic amines) is 1. The summed E-state index contributed by atoms with van der Waals surface area (Å²) in [6.45, 7) is 6.60. The van der Waals surface area contributed by atoms with Crippen LogP contribution in [0.2, 0.25) is 0 Å². The molecule has 2 rings (SSSR count). The van der Waals surface area contributed by atoms with Crippen LogP contribution < -0.4 is 4.74 Å². The second-order valence-electron chi connectivity index (χ2n) is 5.59. The number of benzene rings is 1. The highest BCUT2D eigenvalue weighted by Crippen LogP contribution is 2.27. The second kappa shape index (κ2) is 8.70. The number of rotatable bonds is 8. The number of piperidine rings is 1. The average molecular weight is 308 g/mol. The Morgan fingerprint density at radius 1 is 1.18 bits per heavy atom. The summed E-state index contributed by atoms with van der Waals surface area (Å²) in [7, 11) is 0. The molecule has 0 atom stereocenters. The van der Waals surface area contributed by atoms with E-state index in [9.17, 15) is 10.1 Å². The summed E-state index contributed by atoms with van der Waals surface area (Å²) in [5, 5.41) is 10.9. The van der Waals surface area contributed by atoms with Crippen LogP contribution in [0.25, 0.3) is 0 Å². The normalized spacial score (nSPS) is 15.7. The molecule has 1 fully saturated rings. The molecule has 0 unspecified atom stereocenters. The topological polar surface area (TPSA) is 64.8 Å². The summed E-state index contributed by atoms with van der Waals surface area (Å²) in [4.78, 5) is 12.9. The molecule has 0 saturated carbocycles. The maximum absolute atomic E-state index is 10.9. The smallest absolute Gasteiger partial charge is 0.310 e. The van der Waals surface area contributed by atoms with E-state index in [4.69, 9.17) is 9.47 Å². The number of nitro groups is 1. The van der Waals surface area contributed by atoms with Crippen molar-refractivity contribution < 1.29 is 14.4 Å². The summed E-state index contributed by atoms with van der Waals surface area (Å²) >= 11 is 0. The lowest BCUT2D eigenvalue weighted by Crippen LogP contribution is -2.32. The van der Waals surface area contributed by atoms with Gasteiger partial charge < -0.3 is 14.4 Å². The number of hydrogen-bond acceptors (Lipinski definition) is 5. The third-order valence-corrected chi connectivity index (χ3v) is 3.80. The molecule has 0 bridgehead atoms. The van der Waals surface area contributed by atoms with Gasteiger partial charge in [-0.3, -0.25) is 10.1 Å². The molecule has 122 valence electrons. The van der Waals surface area contributed by atoms with E-state index in [0.29, 0.717) is 25.6 Å². The van der Waals surface area contributed by atoms with Crippen LogP contribution in [0.5, 0.6) is 5.75 Å². The van der Waals surface area contributed by atoms with E-state index in [0.717, 1.165) is 25.2 Å². The Kier molecular flexibility index (Phi) is 6.61. The number of nitro benzene ring substituents is 1. The highest BCUT2D eigenvalue weighted by Gasteiger charge is 2.14. The summed E-state index contributed by atoms with van der Waals surface area (Å²) < 4.78 is 11.0. The first-order chi connectivity index (χ1) is 10.7. The highest BCUT2D eigenvalue weighted by atomic mass is 16.6. The lowest BCUT2D eigenvalue weighted by Gasteiger charge is -2.26. The number of aryl methyl sites for hydroxylation is 1. The molecule has 6 heteroatoms. The van der Waals surface area contributed by atoms with Gasteiger partial charge in [-0.2, -0.15) is 0 Å². The Labute approximate surface area is 131 Å². The molecule has 6 nitrogen and oxygen atoms in total. The number of nitrogens with zero attached hydrogens (tertiary/aromatic N) is 2. The second-order valence-corrected chi connectivity index (χ2v) is 5.59. The van der Waals surface area contributed by atoms with Crippen molar-refractivity contribution >= 4 is 5.69 Å². The predicted octanol–water partition coefficient (Wildman–Crippen LogP) is 2.78. The van der Waals surface area contributed by atoms with E-state index in [1.807, 2.05) is 6.92 Å². The zero-order valence-electron chi connectivity index (χ0n) is 13.1. The molecule has 0 spiro atoms. The van der Waals surface area contributed by atoms with Gasteiger partial charge in [0.1, 0.15) is 6.61 Å². The molecule has 0 aliphatic carbocycles. The predicted molar refractivity (Wildman–Crippen MR) is 84.4 cm³/mol. The lowest BCUT2D eigenvalue weighted by atomic mass is 10.1. The van der Waals surface area contributed by atoms with Crippen molar-refractivity contribution in [3.05, 3.63) is 33.9 Å². The van der Waals surface area contributed by atoms with E-state index < -0.39 is 4.92 Å². The van der Waals surface area contributed by atoms with E-state index >= 15 is 0 Å². The minimum atomic E-state index is -0.425. The van der Waals surface area contributed by atoms with Crippen molar-refractivity contribution in [3.63, 3.8) is 0 Å². The zero-order valence-corrected chi connectivity index (χ0v) is 13.1. The first kappa shape index (κ1) is 16.7. The summed E-state index contributed by atoms with van der Waals surface area (Å²) in [6.07, 6.45) is 3.89. The van der Waals surface area contributed by atoms with Gasteiger partial charge in [-0.15, -0.1) is 0 Å². The van der Waals surface area contributed by atoms with Gasteiger partial charge in [0.15, 0.2) is 5.75 Å². The Morgan fingerprint density at radius 2 is 1.95 bits per heavy atom. The van der Waals surface area contributed by atoms with Gasteiger partial charge in [-0.25, -0.2) is 0 Å². The van der Waals surface area contributed by atoms with Crippen molar-refractivity contribution in [2.24, 2.45) is 0 Å². The fourth-order valence-electron chi connectivity index (χ4n) is 2.58. The molecule has 1 aromatic carbocycles. The number of ether oxygens (including phenoxy) is 2. The monoisotopic (exact) mass is 308 g/mol. The van der Waals surface area contributed by atoms with Gasteiger partial charge in [-0.1, -0.05) is 12.5 Å². The SMILES string of the molecule is Cc1ccc([N+](=O)[O-])c(OCCOCCN2CCCCC2)c1. The average Bonchev–Trinajstić information content (AvgIpc) is 2.51. The van der Waals surface area contributed by atoms with Crippen molar-refractivity contribution in [2.75, 3.05) is 39.5 Å². The first-order valence-electron chi connectivity index (χ1n) is 7.85. The fraction of sp³-hybridized carbons (Fsp3) is 0.625. The fourth-order valence-corrected chi connectivity index (χ4v) is 2.58. The van der Waals surface area contributed by atoms with Gasteiger partial charge in [0.25, 0.3) is 0 Å². The molecule has 1 aliphatic heterocycles. The van der Waals surface area contributed by atoms with E-state index in [2.05, 4.69) is 4.90 Å². The molecular formula is C16H24N2O4. The van der Waals surface area contributed by atoms with Gasteiger partial charge >= 0.3 is 5.69 Å². The number of hydrogen-bond donors (Lipinski definition) is 0. The standard InChI is InChI=1S/C16H24N2O4/c1-14-5-6-15(18(19)20)16(13-14)22-12-11-21-10-9-17-7-3-2-4-8-17/h5-6,13H,2-4,7-12H2,1H3. The van der Waals surface area contributed by atoms with Crippen LogP contribution in [0.4, 0.5) is 5.69 Å². The van der Waals surface area contributed by atoms with Gasteiger partial charge in [-0.05, 0) is 44.5 Å². The molecule has 0 N–H and O–H groups in total. The third-order valence-electron chi connectivity index (χ3n) is 3.80. The quantitative estimate of drug-likeness (QED) is 0.420. The van der Waals surface area contributed by atoms with Crippen LogP contribution in [0, 0.1) is 17.0 Å². The zero-order chi connectivity index (χ0) is 15.8. The van der Waals surface area contributed by atoms with E-state index in [1.54, 1.807) is 12.1 Å². The van der Waals surface area contributed by atoms with Crippen LogP contribution in [0.3, 0.4) is 0 Å². The van der Waals surface area contributed by atoms with Crippen molar-refractivity contribution in [1.29, 1.82) is 0 Å². The maximum atomic E-state index is 10.9. The van der Waals surface area contributed by atoms with Crippen molar-refractivity contribution in [2.45, 2.75) is 26.2 Å². The van der Waals surface area contributed by atoms with Crippen LogP contribution >= 0.6 is 0 Å². The molecule has 1 heterocycles. The van der Waals surface area contributed by atoms with Crippen molar-refractivity contribution in [1.82, 2.24) is 4.90 Å². The van der Waals surface area contributed by atoms with Crippen molar-refractivity contribution in [3.8, 4) is 5.75 Å². The molecule has 0 radical (unpaired) electrons. The van der Waals surface area contributed by atoms with Gasteiger partial charge in [0.2, 0.25) is 0 Å². The van der Waals surface area contributed by atoms with E-state index in [-0.39, 0.29) is 5.69 Å². The molecule has 1 aliphatic rings. The third kappa shape index (κ3) is 5.27. The first-order valence-corrected chi connectivity index (χ1v) is 7.85. The van der Waals surface area contributed by atoms with Crippen LogP contribution in [-0.2, 0) is 4.74 Å². The Balaban J connectivity index is 1.66. The summed E-state index contributed by atoms with van der Waals surface area (Å²) in [5.74, 6) is 0.310. The van der Waals surface area contributed by atoms with Crippen LogP contribution in [0.15, 0.2) is 18.2 Å². The van der Waals surface area contributed by atoms with Crippen LogP contribution in [0.1, 0.15) is 24.8 Å². The molecule has 1 aromatic rings. The summed E-state index contributed by atoms with van der Waals surface area (Å²) in [5.41, 5.74) is 0.936. The van der Waals surface area contributed by atoms with Crippen LogP contribution in [-0.4, -0.2) is 49.3 Å². The Bertz CT molecular complexity index is 487. The Hall–Kier alpha value is -1.66. The molecule has 0 aromatic heterocycles. The largest absolute Gasteiger partial charge is 0.484 e. The molecule has 0 amide bonds. The summed E-state index contributed by atoms with van der Waals surface area (Å²) in [6, 6.07) is 4.87. The minimum Gasteiger partial charge on any atom is -0.484 e. The highest BCUT2D eigenvalue weighted by molar-refractivity contribution is 5.48. The molecule has 1 saturated heterocycles. The van der Waals surface area contributed by atoms with Gasteiger partial charge in [0, 0.05) is 12.6 Å². The van der Waals surface area contributed by atoms with E-state index in [1.165, 1.54) is 25.3 Å².